The van der Waals surface area contributed by atoms with Crippen molar-refractivity contribution in [2.45, 2.75) is 5.92 Å². The molecular formula is C26H18ClN3O2. The van der Waals surface area contributed by atoms with Crippen LogP contribution in [0.15, 0.2) is 73.1 Å². The fourth-order valence-corrected chi connectivity index (χ4v) is 4.21. The number of benzene rings is 3. The number of hydrogen-bond donors (Lipinski definition) is 1. The van der Waals surface area contributed by atoms with E-state index in [1.165, 1.54) is 28.6 Å². The molecule has 3 aromatic carbocycles. The van der Waals surface area contributed by atoms with Gasteiger partial charge in [0.1, 0.15) is 18.1 Å². The van der Waals surface area contributed by atoms with Gasteiger partial charge in [-0.25, -0.2) is 14.8 Å². The molecule has 1 aliphatic rings. The van der Waals surface area contributed by atoms with Gasteiger partial charge in [0.05, 0.1) is 12.1 Å². The number of halogens is 1. The quantitative estimate of drug-likeness (QED) is 0.353. The maximum Gasteiger partial charge on any atom is 0.407 e. The van der Waals surface area contributed by atoms with Gasteiger partial charge in [-0.2, -0.15) is 0 Å². The molecule has 0 saturated heterocycles. The van der Waals surface area contributed by atoms with Crippen molar-refractivity contribution in [2.24, 2.45) is 0 Å². The second kappa shape index (κ2) is 8.70. The molecule has 1 N–H and O–H groups in total. The van der Waals surface area contributed by atoms with Gasteiger partial charge in [-0.05, 0) is 40.5 Å². The Hall–Kier alpha value is -3.88. The summed E-state index contributed by atoms with van der Waals surface area (Å²) in [5, 5.41) is 3.81. The van der Waals surface area contributed by atoms with Crippen molar-refractivity contribution in [2.75, 3.05) is 13.2 Å². The van der Waals surface area contributed by atoms with Crippen molar-refractivity contribution in [3.8, 4) is 23.0 Å². The third kappa shape index (κ3) is 3.89. The van der Waals surface area contributed by atoms with E-state index in [-0.39, 0.29) is 19.1 Å². The zero-order valence-corrected chi connectivity index (χ0v) is 17.8. The summed E-state index contributed by atoms with van der Waals surface area (Å²) < 4.78 is 5.51. The van der Waals surface area contributed by atoms with Crippen LogP contribution in [0, 0.1) is 11.8 Å². The van der Waals surface area contributed by atoms with Crippen LogP contribution in [0.3, 0.4) is 0 Å². The number of rotatable bonds is 3. The van der Waals surface area contributed by atoms with Gasteiger partial charge < -0.3 is 10.1 Å². The average molecular weight is 440 g/mol. The summed E-state index contributed by atoms with van der Waals surface area (Å²) in [6.45, 7) is 0.449. The summed E-state index contributed by atoms with van der Waals surface area (Å²) in [5.41, 5.74) is 6.28. The molecule has 1 aliphatic carbocycles. The van der Waals surface area contributed by atoms with Gasteiger partial charge in [0.2, 0.25) is 0 Å². The summed E-state index contributed by atoms with van der Waals surface area (Å²) in [5.74, 6) is 5.97. The minimum atomic E-state index is -0.490. The molecular weight excluding hydrogens is 422 g/mol. The lowest BCUT2D eigenvalue weighted by Crippen LogP contribution is -2.26. The van der Waals surface area contributed by atoms with Crippen molar-refractivity contribution in [3.63, 3.8) is 0 Å². The normalized spacial score (nSPS) is 11.9. The predicted molar refractivity (Wildman–Crippen MR) is 124 cm³/mol. The lowest BCUT2D eigenvalue weighted by molar-refractivity contribution is 0.144. The number of nitrogens with zero attached hydrogens (tertiary/aromatic N) is 2. The van der Waals surface area contributed by atoms with Crippen LogP contribution in [0.5, 0.6) is 0 Å². The van der Waals surface area contributed by atoms with Crippen LogP contribution in [0.25, 0.3) is 22.0 Å². The lowest BCUT2D eigenvalue weighted by Gasteiger charge is -2.14. The summed E-state index contributed by atoms with van der Waals surface area (Å²) in [7, 11) is 0. The van der Waals surface area contributed by atoms with Gasteiger partial charge in [0.25, 0.3) is 0 Å². The number of carbonyl (C=O) groups is 1. The van der Waals surface area contributed by atoms with Crippen LogP contribution in [0.1, 0.15) is 22.6 Å². The molecule has 1 heterocycles. The van der Waals surface area contributed by atoms with E-state index >= 15 is 0 Å². The van der Waals surface area contributed by atoms with Gasteiger partial charge in [0, 0.05) is 16.9 Å². The second-order valence-corrected chi connectivity index (χ2v) is 7.74. The van der Waals surface area contributed by atoms with Crippen molar-refractivity contribution >= 4 is 28.6 Å². The molecule has 0 bridgehead atoms. The Morgan fingerprint density at radius 3 is 2.47 bits per heavy atom. The van der Waals surface area contributed by atoms with Crippen molar-refractivity contribution in [1.82, 2.24) is 15.3 Å². The third-order valence-electron chi connectivity index (χ3n) is 5.48. The third-order valence-corrected chi connectivity index (χ3v) is 5.79. The smallest absolute Gasteiger partial charge is 0.407 e. The van der Waals surface area contributed by atoms with Crippen LogP contribution in [-0.2, 0) is 4.74 Å². The van der Waals surface area contributed by atoms with E-state index in [1.807, 2.05) is 42.5 Å². The first kappa shape index (κ1) is 20.0. The summed E-state index contributed by atoms with van der Waals surface area (Å²) in [4.78, 5) is 20.4. The Bertz CT molecular complexity index is 1350. The van der Waals surface area contributed by atoms with Crippen molar-refractivity contribution < 1.29 is 9.53 Å². The number of amides is 1. The maximum absolute atomic E-state index is 12.2. The Labute approximate surface area is 190 Å². The predicted octanol–water partition coefficient (Wildman–Crippen LogP) is 5.17. The molecule has 5 rings (SSSR count). The van der Waals surface area contributed by atoms with E-state index in [9.17, 15) is 4.79 Å². The minimum Gasteiger partial charge on any atom is -0.449 e. The molecule has 0 fully saturated rings. The Morgan fingerprint density at radius 2 is 1.72 bits per heavy atom. The van der Waals surface area contributed by atoms with Crippen LogP contribution >= 0.6 is 11.6 Å². The molecule has 4 aromatic rings. The molecule has 0 unspecified atom stereocenters. The highest BCUT2D eigenvalue weighted by Gasteiger charge is 2.28. The summed E-state index contributed by atoms with van der Waals surface area (Å²) >= 11 is 6.11. The monoisotopic (exact) mass is 439 g/mol. The lowest BCUT2D eigenvalue weighted by atomic mass is 9.98. The van der Waals surface area contributed by atoms with E-state index in [4.69, 9.17) is 16.3 Å². The first-order valence-electron chi connectivity index (χ1n) is 10.2. The summed E-state index contributed by atoms with van der Waals surface area (Å²) in [6.07, 6.45) is 0.935. The van der Waals surface area contributed by atoms with Crippen LogP contribution in [0.4, 0.5) is 4.79 Å². The minimum absolute atomic E-state index is 0.0313. The standard InChI is InChI=1S/C26H18ClN3O2/c27-25-22-14-17(11-12-24(22)29-16-30-25)6-5-13-28-26(31)32-15-23-20-9-3-1-7-18(20)19-8-2-4-10-21(19)23/h1-4,7-12,14,16,23H,13,15H2,(H,28,31). The zero-order chi connectivity index (χ0) is 21.9. The number of carbonyl (C=O) groups excluding carboxylic acids is 1. The van der Waals surface area contributed by atoms with Crippen LogP contribution in [-0.4, -0.2) is 29.2 Å². The van der Waals surface area contributed by atoms with E-state index in [1.54, 1.807) is 0 Å². The van der Waals surface area contributed by atoms with Gasteiger partial charge in [0.15, 0.2) is 0 Å². The van der Waals surface area contributed by atoms with Crippen molar-refractivity contribution in [3.05, 3.63) is 94.9 Å². The molecule has 0 aliphatic heterocycles. The molecule has 0 radical (unpaired) electrons. The molecule has 0 atom stereocenters. The first-order valence-corrected chi connectivity index (χ1v) is 10.6. The molecule has 0 saturated carbocycles. The van der Waals surface area contributed by atoms with Crippen LogP contribution in [0.2, 0.25) is 5.15 Å². The van der Waals surface area contributed by atoms with Crippen molar-refractivity contribution in [1.29, 1.82) is 0 Å². The van der Waals surface area contributed by atoms with E-state index in [0.717, 1.165) is 16.5 Å². The number of fused-ring (bicyclic) bond motifs is 4. The van der Waals surface area contributed by atoms with Gasteiger partial charge in [-0.1, -0.05) is 72.0 Å². The second-order valence-electron chi connectivity index (χ2n) is 7.38. The number of hydrogen-bond acceptors (Lipinski definition) is 4. The SMILES string of the molecule is O=C(NCC#Cc1ccc2ncnc(Cl)c2c1)OCC1c2ccccc2-c2ccccc21. The zero-order valence-electron chi connectivity index (χ0n) is 17.0. The Balaban J connectivity index is 1.20. The fraction of sp³-hybridized carbons (Fsp3) is 0.115. The highest BCUT2D eigenvalue weighted by atomic mass is 35.5. The van der Waals surface area contributed by atoms with Gasteiger partial charge in [-0.15, -0.1) is 0 Å². The number of nitrogens with one attached hydrogen (secondary N) is 1. The summed E-state index contributed by atoms with van der Waals surface area (Å²) in [6, 6.07) is 22.0. The maximum atomic E-state index is 12.2. The molecule has 5 nitrogen and oxygen atoms in total. The molecule has 6 heteroatoms. The molecule has 32 heavy (non-hydrogen) atoms. The topological polar surface area (TPSA) is 64.1 Å². The largest absolute Gasteiger partial charge is 0.449 e. The van der Waals surface area contributed by atoms with Gasteiger partial charge in [-0.3, -0.25) is 0 Å². The van der Waals surface area contributed by atoms with E-state index < -0.39 is 6.09 Å². The molecule has 1 amide bonds. The Morgan fingerprint density at radius 1 is 1.00 bits per heavy atom. The Kier molecular flexibility index (Phi) is 5.45. The highest BCUT2D eigenvalue weighted by molar-refractivity contribution is 6.34. The number of aromatic nitrogens is 2. The number of alkyl carbamates (subject to hydrolysis) is 1. The fourth-order valence-electron chi connectivity index (χ4n) is 4.01. The van der Waals surface area contributed by atoms with E-state index in [0.29, 0.717) is 5.15 Å². The molecule has 0 spiro atoms. The first-order chi connectivity index (χ1) is 15.7. The van der Waals surface area contributed by atoms with Crippen LogP contribution < -0.4 is 5.32 Å². The van der Waals surface area contributed by atoms with E-state index in [2.05, 4.69) is 51.4 Å². The van der Waals surface area contributed by atoms with Gasteiger partial charge >= 0.3 is 6.09 Å². The molecule has 1 aromatic heterocycles. The molecule has 156 valence electrons. The number of ether oxygens (including phenoxy) is 1. The average Bonchev–Trinajstić information content (AvgIpc) is 3.15. The highest BCUT2D eigenvalue weighted by Crippen LogP contribution is 2.44.